The number of rotatable bonds is 11. The van der Waals surface area contributed by atoms with Crippen molar-refractivity contribution in [3.63, 3.8) is 0 Å². The van der Waals surface area contributed by atoms with E-state index >= 15 is 0 Å². The number of nitrogens with one attached hydrogen (secondary N) is 1. The molecule has 6 nitrogen and oxygen atoms in total. The molecular weight excluding hydrogens is 275 g/mol. The molecule has 0 saturated carbocycles. The Balaban J connectivity index is 4.51. The van der Waals surface area contributed by atoms with E-state index in [9.17, 15) is 4.79 Å². The Hall–Kier alpha value is -0.0400. The largest absolute Gasteiger partial charge is 0.480 e. The molecule has 0 fully saturated rings. The Morgan fingerprint density at radius 1 is 1.39 bits per heavy atom. The van der Waals surface area contributed by atoms with E-state index in [1.807, 2.05) is 0 Å². The van der Waals surface area contributed by atoms with E-state index < -0.39 is 18.7 Å². The minimum atomic E-state index is -2.71. The molecule has 0 rings (SSSR count). The van der Waals surface area contributed by atoms with Crippen molar-refractivity contribution in [2.75, 3.05) is 19.8 Å². The fourth-order valence-corrected chi connectivity index (χ4v) is 3.92. The molecule has 18 heavy (non-hydrogen) atoms. The van der Waals surface area contributed by atoms with Crippen molar-refractivity contribution in [1.82, 2.24) is 5.09 Å². The monoisotopic (exact) mass is 298 g/mol. The molecule has 0 aromatic carbocycles. The maximum absolute atomic E-state index is 11.1. The van der Waals surface area contributed by atoms with Gasteiger partial charge in [-0.25, -0.2) is 5.09 Å². The molecule has 0 aromatic heterocycles. The topological polar surface area (TPSA) is 93.8 Å². The highest BCUT2D eigenvalue weighted by atomic mass is 32.5. The zero-order valence-corrected chi connectivity index (χ0v) is 12.6. The van der Waals surface area contributed by atoms with Gasteiger partial charge in [-0.15, -0.1) is 0 Å². The molecule has 8 heteroatoms. The highest BCUT2D eigenvalue weighted by Gasteiger charge is 2.27. The van der Waals surface area contributed by atoms with Crippen molar-refractivity contribution >= 4 is 24.4 Å². The summed E-state index contributed by atoms with van der Waals surface area (Å²) in [5.74, 6) is -0.944. The minimum Gasteiger partial charge on any atom is -0.480 e. The van der Waals surface area contributed by atoms with Crippen LogP contribution in [-0.2, 0) is 25.6 Å². The number of nitrogens with two attached hydrogens (primary N) is 1. The summed E-state index contributed by atoms with van der Waals surface area (Å²) in [6, 6.07) is -0.750. The molecule has 0 saturated heterocycles. The van der Waals surface area contributed by atoms with Crippen LogP contribution in [0.2, 0.25) is 0 Å². The van der Waals surface area contributed by atoms with Gasteiger partial charge in [-0.3, -0.25) is 4.79 Å². The first-order valence-corrected chi connectivity index (χ1v) is 8.72. The van der Waals surface area contributed by atoms with Crippen LogP contribution in [0.5, 0.6) is 0 Å². The summed E-state index contributed by atoms with van der Waals surface area (Å²) in [7, 11) is 0. The van der Waals surface area contributed by atoms with Crippen LogP contribution >= 0.6 is 6.64 Å². The van der Waals surface area contributed by atoms with Gasteiger partial charge in [0, 0.05) is 0 Å². The number of unbranched alkanes of at least 4 members (excludes halogenated alkanes) is 1. The number of hydrogen-bond donors (Lipinski definition) is 3. The molecule has 0 amide bonds. The minimum absolute atomic E-state index is 0.388. The Labute approximate surface area is 113 Å². The molecule has 0 unspecified atom stereocenters. The molecule has 0 aliphatic heterocycles. The number of aliphatic carboxylic acids is 1. The first kappa shape index (κ1) is 18.0. The summed E-state index contributed by atoms with van der Waals surface area (Å²) in [5.41, 5.74) is 5.38. The Kier molecular flexibility index (Phi) is 9.81. The highest BCUT2D eigenvalue weighted by molar-refractivity contribution is 8.09. The number of hydrogen-bond acceptors (Lipinski definition) is 5. The average molecular weight is 298 g/mol. The quantitative estimate of drug-likeness (QED) is 0.392. The molecule has 0 aromatic rings. The summed E-state index contributed by atoms with van der Waals surface area (Å²) >= 11 is 5.24. The molecule has 0 bridgehead atoms. The fourth-order valence-electron chi connectivity index (χ4n) is 1.38. The van der Waals surface area contributed by atoms with Crippen molar-refractivity contribution in [2.24, 2.45) is 5.73 Å². The van der Waals surface area contributed by atoms with E-state index in [1.165, 1.54) is 0 Å². The van der Waals surface area contributed by atoms with Crippen LogP contribution in [0.4, 0.5) is 0 Å². The van der Waals surface area contributed by atoms with Gasteiger partial charge in [0.25, 0.3) is 6.64 Å². The second-order valence-electron chi connectivity index (χ2n) is 3.64. The lowest BCUT2D eigenvalue weighted by atomic mass is 10.1. The van der Waals surface area contributed by atoms with Gasteiger partial charge in [0.2, 0.25) is 0 Å². The van der Waals surface area contributed by atoms with Gasteiger partial charge in [-0.2, -0.15) is 0 Å². The van der Waals surface area contributed by atoms with Gasteiger partial charge in [-0.1, -0.05) is 6.42 Å². The van der Waals surface area contributed by atoms with Gasteiger partial charge < -0.3 is 19.9 Å². The second-order valence-corrected chi connectivity index (χ2v) is 6.85. The first-order chi connectivity index (χ1) is 8.49. The van der Waals surface area contributed by atoms with Crippen molar-refractivity contribution in [3.05, 3.63) is 0 Å². The summed E-state index contributed by atoms with van der Waals surface area (Å²) in [4.78, 5) is 11.1. The van der Waals surface area contributed by atoms with E-state index in [-0.39, 0.29) is 0 Å². The lowest BCUT2D eigenvalue weighted by Gasteiger charge is -2.25. The van der Waals surface area contributed by atoms with Crippen LogP contribution in [0.1, 0.15) is 33.1 Å². The predicted molar refractivity (Wildman–Crippen MR) is 75.0 cm³/mol. The molecule has 4 N–H and O–H groups in total. The smallest absolute Gasteiger partial charge is 0.321 e. The first-order valence-electron chi connectivity index (χ1n) is 6.08. The van der Waals surface area contributed by atoms with E-state index in [0.29, 0.717) is 26.2 Å². The zero-order valence-electron chi connectivity index (χ0n) is 10.9. The Morgan fingerprint density at radius 2 is 1.94 bits per heavy atom. The standard InChI is InChI=1S/C10H23N2O4PS/c1-3-15-17(18,16-4-2)12-9(10(13)14)7-5-6-8-11/h9H,3-8,11H2,1-2H3,(H,12,18)(H,13,14)/t9-/m0/s1. The van der Waals surface area contributed by atoms with E-state index in [2.05, 4.69) is 5.09 Å². The number of carboxylic acid groups (broad SMARTS) is 1. The van der Waals surface area contributed by atoms with Gasteiger partial charge in [0.1, 0.15) is 6.04 Å². The molecule has 0 spiro atoms. The fraction of sp³-hybridized carbons (Fsp3) is 0.900. The Morgan fingerprint density at radius 3 is 2.33 bits per heavy atom. The predicted octanol–water partition coefficient (Wildman–Crippen LogP) is 1.46. The third kappa shape index (κ3) is 7.41. The summed E-state index contributed by atoms with van der Waals surface area (Å²) in [5, 5.41) is 12.0. The Bertz CT molecular complexity index is 281. The second kappa shape index (κ2) is 9.83. The molecular formula is C10H23N2O4PS. The lowest BCUT2D eigenvalue weighted by Crippen LogP contribution is -2.35. The SMILES string of the molecule is CCOP(=S)(N[C@@H](CCCCN)C(=O)O)OCC. The maximum Gasteiger partial charge on any atom is 0.321 e. The molecule has 108 valence electrons. The molecule has 0 heterocycles. The molecule has 0 radical (unpaired) electrons. The van der Waals surface area contributed by atoms with E-state index in [1.54, 1.807) is 13.8 Å². The molecule has 0 aliphatic carbocycles. The van der Waals surface area contributed by atoms with Gasteiger partial charge in [0.05, 0.1) is 13.2 Å². The van der Waals surface area contributed by atoms with Crippen LogP contribution in [0.25, 0.3) is 0 Å². The number of carboxylic acids is 1. The highest BCUT2D eigenvalue weighted by Crippen LogP contribution is 2.44. The van der Waals surface area contributed by atoms with Crippen LogP contribution < -0.4 is 10.8 Å². The summed E-state index contributed by atoms with van der Waals surface area (Å²) in [6.45, 7) is 2.22. The van der Waals surface area contributed by atoms with Crippen molar-refractivity contribution in [1.29, 1.82) is 0 Å². The molecule has 1 atom stereocenters. The van der Waals surface area contributed by atoms with Crippen LogP contribution in [0, 0.1) is 0 Å². The van der Waals surface area contributed by atoms with Gasteiger partial charge in [0.15, 0.2) is 0 Å². The third-order valence-electron chi connectivity index (χ3n) is 2.16. The average Bonchev–Trinajstić information content (AvgIpc) is 2.28. The third-order valence-corrected chi connectivity index (χ3v) is 4.93. The summed E-state index contributed by atoms with van der Waals surface area (Å²) < 4.78 is 10.7. The van der Waals surface area contributed by atoms with Crippen LogP contribution in [-0.4, -0.2) is 36.9 Å². The summed E-state index contributed by atoms with van der Waals surface area (Å²) in [6.07, 6.45) is 1.98. The van der Waals surface area contributed by atoms with Crippen LogP contribution in [0.3, 0.4) is 0 Å². The van der Waals surface area contributed by atoms with Gasteiger partial charge >= 0.3 is 5.97 Å². The molecule has 0 aliphatic rings. The normalized spacial score (nSPS) is 13.5. The van der Waals surface area contributed by atoms with E-state index in [0.717, 1.165) is 12.8 Å². The zero-order chi connectivity index (χ0) is 14.0. The number of carbonyl (C=O) groups is 1. The van der Waals surface area contributed by atoms with Crippen LogP contribution in [0.15, 0.2) is 0 Å². The maximum atomic E-state index is 11.1. The lowest BCUT2D eigenvalue weighted by molar-refractivity contribution is -0.139. The van der Waals surface area contributed by atoms with E-state index in [4.69, 9.17) is 31.7 Å². The van der Waals surface area contributed by atoms with Crippen molar-refractivity contribution in [3.8, 4) is 0 Å². The van der Waals surface area contributed by atoms with Gasteiger partial charge in [-0.05, 0) is 45.0 Å². The van der Waals surface area contributed by atoms with Crippen molar-refractivity contribution < 1.29 is 18.9 Å². The van der Waals surface area contributed by atoms with Crippen molar-refractivity contribution in [2.45, 2.75) is 39.2 Å².